The number of ether oxygens (including phenoxy) is 2. The molecule has 6 nitrogen and oxygen atoms in total. The van der Waals surface area contributed by atoms with Crippen LogP contribution in [0.1, 0.15) is 33.6 Å². The van der Waals surface area contributed by atoms with Crippen LogP contribution >= 0.6 is 0 Å². The number of carbonyl (C=O) groups excluding carboxylic acids is 2. The lowest BCUT2D eigenvalue weighted by molar-refractivity contribution is -0.153. The average Bonchev–Trinajstić information content (AvgIpc) is 3.16. The Hall–Kier alpha value is -1.14. The SMILES string of the molecule is C[C@H]1CN(C(=O)C2(C)CCOC2)CCN1C(=O)C1(C)CCOC1. The summed E-state index contributed by atoms with van der Waals surface area (Å²) < 4.78 is 10.8. The molecule has 23 heavy (non-hydrogen) atoms. The van der Waals surface area contributed by atoms with Crippen LogP contribution in [0.5, 0.6) is 0 Å². The number of hydrogen-bond donors (Lipinski definition) is 0. The first-order valence-electron chi connectivity index (χ1n) is 8.62. The first-order chi connectivity index (χ1) is 10.9. The molecule has 3 heterocycles. The van der Waals surface area contributed by atoms with Gasteiger partial charge in [0.1, 0.15) is 0 Å². The molecule has 3 fully saturated rings. The van der Waals surface area contributed by atoms with E-state index >= 15 is 0 Å². The van der Waals surface area contributed by atoms with Crippen LogP contribution in [0.15, 0.2) is 0 Å². The Labute approximate surface area is 138 Å². The van der Waals surface area contributed by atoms with Crippen molar-refractivity contribution in [3.63, 3.8) is 0 Å². The van der Waals surface area contributed by atoms with Crippen LogP contribution in [0.2, 0.25) is 0 Å². The van der Waals surface area contributed by atoms with Crippen LogP contribution in [0.25, 0.3) is 0 Å². The molecule has 0 N–H and O–H groups in total. The van der Waals surface area contributed by atoms with Crippen LogP contribution in [-0.2, 0) is 19.1 Å². The van der Waals surface area contributed by atoms with Crippen LogP contribution in [0.4, 0.5) is 0 Å². The molecule has 2 unspecified atom stereocenters. The Morgan fingerprint density at radius 2 is 1.52 bits per heavy atom. The normalized spacial score (nSPS) is 38.1. The Bertz CT molecular complexity index is 481. The van der Waals surface area contributed by atoms with Gasteiger partial charge in [-0.1, -0.05) is 0 Å². The summed E-state index contributed by atoms with van der Waals surface area (Å²) in [6.07, 6.45) is 1.57. The van der Waals surface area contributed by atoms with E-state index in [4.69, 9.17) is 9.47 Å². The van der Waals surface area contributed by atoms with Crippen molar-refractivity contribution in [2.24, 2.45) is 10.8 Å². The number of amides is 2. The molecule has 0 spiro atoms. The van der Waals surface area contributed by atoms with E-state index in [0.717, 1.165) is 12.8 Å². The highest BCUT2D eigenvalue weighted by molar-refractivity contribution is 5.85. The van der Waals surface area contributed by atoms with Crippen molar-refractivity contribution >= 4 is 11.8 Å². The summed E-state index contributed by atoms with van der Waals surface area (Å²) in [4.78, 5) is 29.5. The van der Waals surface area contributed by atoms with Crippen LogP contribution in [0, 0.1) is 10.8 Å². The number of piperazine rings is 1. The third-order valence-electron chi connectivity index (χ3n) is 5.65. The van der Waals surface area contributed by atoms with Crippen molar-refractivity contribution in [3.8, 4) is 0 Å². The van der Waals surface area contributed by atoms with Gasteiger partial charge in [0.25, 0.3) is 0 Å². The summed E-state index contributed by atoms with van der Waals surface area (Å²) >= 11 is 0. The number of hydrogen-bond acceptors (Lipinski definition) is 4. The topological polar surface area (TPSA) is 59.1 Å². The highest BCUT2D eigenvalue weighted by atomic mass is 16.5. The molecule has 3 atom stereocenters. The molecule has 0 saturated carbocycles. The quantitative estimate of drug-likeness (QED) is 0.757. The molecule has 3 rings (SSSR count). The molecule has 6 heteroatoms. The molecule has 2 amide bonds. The second-order valence-corrected chi connectivity index (χ2v) is 7.83. The molecule has 3 aliphatic heterocycles. The van der Waals surface area contributed by atoms with E-state index in [1.807, 2.05) is 30.6 Å². The van der Waals surface area contributed by atoms with Crippen LogP contribution < -0.4 is 0 Å². The largest absolute Gasteiger partial charge is 0.380 e. The molecule has 0 bridgehead atoms. The van der Waals surface area contributed by atoms with Gasteiger partial charge in [-0.3, -0.25) is 9.59 Å². The minimum absolute atomic E-state index is 0.0450. The van der Waals surface area contributed by atoms with Crippen molar-refractivity contribution in [1.82, 2.24) is 9.80 Å². The van der Waals surface area contributed by atoms with Gasteiger partial charge >= 0.3 is 0 Å². The van der Waals surface area contributed by atoms with Gasteiger partial charge in [-0.25, -0.2) is 0 Å². The summed E-state index contributed by atoms with van der Waals surface area (Å²) in [5.41, 5.74) is -0.789. The lowest BCUT2D eigenvalue weighted by Crippen LogP contribution is -2.60. The summed E-state index contributed by atoms with van der Waals surface area (Å²) in [5, 5.41) is 0. The van der Waals surface area contributed by atoms with Crippen molar-refractivity contribution in [2.45, 2.75) is 39.7 Å². The fourth-order valence-corrected chi connectivity index (χ4v) is 3.84. The zero-order chi connectivity index (χ0) is 16.7. The number of carbonyl (C=O) groups is 2. The first-order valence-corrected chi connectivity index (χ1v) is 8.62. The van der Waals surface area contributed by atoms with Gasteiger partial charge in [-0.2, -0.15) is 0 Å². The fourth-order valence-electron chi connectivity index (χ4n) is 3.84. The molecule has 0 aromatic rings. The van der Waals surface area contributed by atoms with Crippen molar-refractivity contribution in [2.75, 3.05) is 46.1 Å². The van der Waals surface area contributed by atoms with Crippen molar-refractivity contribution in [1.29, 1.82) is 0 Å². The maximum atomic E-state index is 12.9. The zero-order valence-electron chi connectivity index (χ0n) is 14.5. The predicted molar refractivity (Wildman–Crippen MR) is 84.8 cm³/mol. The summed E-state index contributed by atoms with van der Waals surface area (Å²) in [7, 11) is 0. The monoisotopic (exact) mass is 324 g/mol. The maximum absolute atomic E-state index is 12.9. The number of rotatable bonds is 2. The Balaban J connectivity index is 1.63. The van der Waals surface area contributed by atoms with Crippen LogP contribution in [0.3, 0.4) is 0 Å². The minimum atomic E-state index is -0.397. The second kappa shape index (κ2) is 6.06. The molecule has 0 aromatic carbocycles. The van der Waals surface area contributed by atoms with E-state index in [1.54, 1.807) is 0 Å². The van der Waals surface area contributed by atoms with E-state index in [-0.39, 0.29) is 17.9 Å². The van der Waals surface area contributed by atoms with Crippen molar-refractivity contribution < 1.29 is 19.1 Å². The first kappa shape index (κ1) is 16.7. The Morgan fingerprint density at radius 1 is 0.957 bits per heavy atom. The zero-order valence-corrected chi connectivity index (χ0v) is 14.5. The lowest BCUT2D eigenvalue weighted by Gasteiger charge is -2.44. The molecule has 130 valence electrons. The Kier molecular flexibility index (Phi) is 4.40. The fraction of sp³-hybridized carbons (Fsp3) is 0.882. The molecular weight excluding hydrogens is 296 g/mol. The van der Waals surface area contributed by atoms with E-state index in [9.17, 15) is 9.59 Å². The van der Waals surface area contributed by atoms with Gasteiger partial charge in [0, 0.05) is 38.9 Å². The molecule has 3 saturated heterocycles. The van der Waals surface area contributed by atoms with E-state index in [0.29, 0.717) is 46.1 Å². The molecule has 3 aliphatic rings. The third-order valence-corrected chi connectivity index (χ3v) is 5.65. The van der Waals surface area contributed by atoms with E-state index in [2.05, 4.69) is 0 Å². The average molecular weight is 324 g/mol. The smallest absolute Gasteiger partial charge is 0.231 e. The summed E-state index contributed by atoms with van der Waals surface area (Å²) in [5.74, 6) is 0.342. The highest BCUT2D eigenvalue weighted by Crippen LogP contribution is 2.33. The van der Waals surface area contributed by atoms with Gasteiger partial charge in [0.05, 0.1) is 24.0 Å². The minimum Gasteiger partial charge on any atom is -0.380 e. The molecule has 0 aromatic heterocycles. The second-order valence-electron chi connectivity index (χ2n) is 7.83. The van der Waals surface area contributed by atoms with Gasteiger partial charge in [-0.15, -0.1) is 0 Å². The summed E-state index contributed by atoms with van der Waals surface area (Å²) in [6, 6.07) is 0.0450. The highest BCUT2D eigenvalue weighted by Gasteiger charge is 2.45. The molecule has 0 aliphatic carbocycles. The van der Waals surface area contributed by atoms with Crippen LogP contribution in [-0.4, -0.2) is 73.7 Å². The summed E-state index contributed by atoms with van der Waals surface area (Å²) in [6.45, 7) is 10.2. The van der Waals surface area contributed by atoms with E-state index < -0.39 is 10.8 Å². The predicted octanol–water partition coefficient (Wildman–Crippen LogP) is 0.899. The molecule has 0 radical (unpaired) electrons. The number of nitrogens with zero attached hydrogens (tertiary/aromatic N) is 2. The van der Waals surface area contributed by atoms with Gasteiger partial charge in [0.15, 0.2) is 0 Å². The molecular formula is C17H28N2O4. The third kappa shape index (κ3) is 2.98. The van der Waals surface area contributed by atoms with E-state index in [1.165, 1.54) is 0 Å². The van der Waals surface area contributed by atoms with Crippen molar-refractivity contribution in [3.05, 3.63) is 0 Å². The Morgan fingerprint density at radius 3 is 2.00 bits per heavy atom. The maximum Gasteiger partial charge on any atom is 0.231 e. The van der Waals surface area contributed by atoms with Gasteiger partial charge < -0.3 is 19.3 Å². The van der Waals surface area contributed by atoms with Gasteiger partial charge in [0.2, 0.25) is 11.8 Å². The lowest BCUT2D eigenvalue weighted by atomic mass is 9.86. The standard InChI is InChI=1S/C17H28N2O4/c1-13-10-18(14(20)16(2)4-8-22-11-16)6-7-19(13)15(21)17(3)5-9-23-12-17/h13H,4-12H2,1-3H3/t13-,16?,17?/m0/s1. The van der Waals surface area contributed by atoms with Gasteiger partial charge in [-0.05, 0) is 33.6 Å².